The van der Waals surface area contributed by atoms with E-state index in [1.54, 1.807) is 0 Å². The number of rotatable bonds is 2. The van der Waals surface area contributed by atoms with Crippen LogP contribution in [0.1, 0.15) is 30.4 Å². The molecule has 17 heavy (non-hydrogen) atoms. The van der Waals surface area contributed by atoms with Gasteiger partial charge < -0.3 is 10.6 Å². The lowest BCUT2D eigenvalue weighted by molar-refractivity contribution is 0.637. The lowest BCUT2D eigenvalue weighted by atomic mass is 10.1. The molecule has 1 aliphatic rings. The summed E-state index contributed by atoms with van der Waals surface area (Å²) in [7, 11) is 0. The lowest BCUT2D eigenvalue weighted by Crippen LogP contribution is -2.22. The smallest absolute Gasteiger partial charge is 0.0516 e. The number of halogens is 1. The van der Waals surface area contributed by atoms with Crippen molar-refractivity contribution in [2.75, 3.05) is 18.4 Å². The molecule has 1 heterocycles. The van der Waals surface area contributed by atoms with Gasteiger partial charge in [0.1, 0.15) is 0 Å². The number of anilines is 1. The minimum absolute atomic E-state index is 0.600. The fourth-order valence-electron chi connectivity index (χ4n) is 2.47. The van der Waals surface area contributed by atoms with Crippen molar-refractivity contribution in [2.45, 2.75) is 39.2 Å². The van der Waals surface area contributed by atoms with Crippen molar-refractivity contribution in [3.05, 3.63) is 27.7 Å². The number of hydrogen-bond donors (Lipinski definition) is 2. The molecule has 0 aliphatic carbocycles. The van der Waals surface area contributed by atoms with Crippen LogP contribution < -0.4 is 10.6 Å². The van der Waals surface area contributed by atoms with E-state index in [1.165, 1.54) is 40.5 Å². The summed E-state index contributed by atoms with van der Waals surface area (Å²) in [4.78, 5) is 0. The SMILES string of the molecule is Cc1cc(C)c(NC2CCCNCC2)c(Br)c1. The predicted molar refractivity (Wildman–Crippen MR) is 77.7 cm³/mol. The molecule has 0 aromatic heterocycles. The molecule has 0 radical (unpaired) electrons. The maximum Gasteiger partial charge on any atom is 0.0516 e. The quantitative estimate of drug-likeness (QED) is 0.871. The first-order chi connectivity index (χ1) is 8.16. The Morgan fingerprint density at radius 1 is 1.24 bits per heavy atom. The maximum atomic E-state index is 3.70. The van der Waals surface area contributed by atoms with Crippen LogP contribution in [0.3, 0.4) is 0 Å². The highest BCUT2D eigenvalue weighted by molar-refractivity contribution is 9.10. The van der Waals surface area contributed by atoms with Crippen LogP contribution in [0.5, 0.6) is 0 Å². The molecule has 3 heteroatoms. The van der Waals surface area contributed by atoms with Crippen LogP contribution in [0.15, 0.2) is 16.6 Å². The van der Waals surface area contributed by atoms with E-state index >= 15 is 0 Å². The normalized spacial score (nSPS) is 21.0. The summed E-state index contributed by atoms with van der Waals surface area (Å²) in [5, 5.41) is 7.15. The molecular weight excluding hydrogens is 276 g/mol. The van der Waals surface area contributed by atoms with Gasteiger partial charge in [0.05, 0.1) is 5.69 Å². The van der Waals surface area contributed by atoms with E-state index in [2.05, 4.69) is 52.5 Å². The van der Waals surface area contributed by atoms with Crippen LogP contribution in [0.25, 0.3) is 0 Å². The lowest BCUT2D eigenvalue weighted by Gasteiger charge is -2.20. The summed E-state index contributed by atoms with van der Waals surface area (Å²) in [6.07, 6.45) is 3.73. The standard InChI is InChI=1S/C14H21BrN2/c1-10-8-11(2)14(13(15)9-10)17-12-4-3-6-16-7-5-12/h8-9,12,16-17H,3-7H2,1-2H3. The largest absolute Gasteiger partial charge is 0.381 e. The monoisotopic (exact) mass is 296 g/mol. The first-order valence-electron chi connectivity index (χ1n) is 6.41. The Hall–Kier alpha value is -0.540. The molecule has 1 atom stereocenters. The van der Waals surface area contributed by atoms with E-state index < -0.39 is 0 Å². The van der Waals surface area contributed by atoms with Crippen LogP contribution in [0, 0.1) is 13.8 Å². The van der Waals surface area contributed by atoms with E-state index in [-0.39, 0.29) is 0 Å². The zero-order valence-electron chi connectivity index (χ0n) is 10.6. The van der Waals surface area contributed by atoms with Crippen LogP contribution in [-0.2, 0) is 0 Å². The van der Waals surface area contributed by atoms with Gasteiger partial charge in [0, 0.05) is 10.5 Å². The summed E-state index contributed by atoms with van der Waals surface area (Å²) in [5.74, 6) is 0. The molecule has 2 rings (SSSR count). The molecule has 0 amide bonds. The fourth-order valence-corrected chi connectivity index (χ4v) is 3.25. The third-order valence-electron chi connectivity index (χ3n) is 3.36. The Balaban J connectivity index is 2.11. The Morgan fingerprint density at radius 3 is 2.82 bits per heavy atom. The summed E-state index contributed by atoms with van der Waals surface area (Å²) in [6, 6.07) is 5.02. The number of hydrogen-bond acceptors (Lipinski definition) is 2. The van der Waals surface area contributed by atoms with Crippen LogP contribution in [0.4, 0.5) is 5.69 Å². The molecule has 2 N–H and O–H groups in total. The van der Waals surface area contributed by atoms with Gasteiger partial charge in [-0.2, -0.15) is 0 Å². The molecule has 94 valence electrons. The second-order valence-corrected chi connectivity index (χ2v) is 5.82. The van der Waals surface area contributed by atoms with Crippen molar-refractivity contribution < 1.29 is 0 Å². The average molecular weight is 297 g/mol. The van der Waals surface area contributed by atoms with E-state index in [9.17, 15) is 0 Å². The molecular formula is C14H21BrN2. The van der Waals surface area contributed by atoms with Gasteiger partial charge in [-0.25, -0.2) is 0 Å². The Bertz CT molecular complexity index is 359. The van der Waals surface area contributed by atoms with Crippen molar-refractivity contribution in [1.29, 1.82) is 0 Å². The van der Waals surface area contributed by atoms with Crippen molar-refractivity contribution in [1.82, 2.24) is 5.32 Å². The summed E-state index contributed by atoms with van der Waals surface area (Å²) in [6.45, 7) is 6.60. The second-order valence-electron chi connectivity index (χ2n) is 4.96. The number of benzene rings is 1. The fraction of sp³-hybridized carbons (Fsp3) is 0.571. The average Bonchev–Trinajstić information content (AvgIpc) is 2.51. The highest BCUT2D eigenvalue weighted by atomic mass is 79.9. The second kappa shape index (κ2) is 5.87. The number of aryl methyl sites for hydroxylation is 2. The highest BCUT2D eigenvalue weighted by Gasteiger charge is 2.14. The van der Waals surface area contributed by atoms with Gasteiger partial charge in [-0.1, -0.05) is 6.07 Å². The molecule has 0 bridgehead atoms. The first kappa shape index (κ1) is 12.9. The molecule has 0 saturated carbocycles. The van der Waals surface area contributed by atoms with Crippen LogP contribution >= 0.6 is 15.9 Å². The minimum atomic E-state index is 0.600. The van der Waals surface area contributed by atoms with Gasteiger partial charge in [0.15, 0.2) is 0 Å². The van der Waals surface area contributed by atoms with Gasteiger partial charge in [0.25, 0.3) is 0 Å². The van der Waals surface area contributed by atoms with Crippen LogP contribution in [-0.4, -0.2) is 19.1 Å². The van der Waals surface area contributed by atoms with E-state index in [1.807, 2.05) is 0 Å². The van der Waals surface area contributed by atoms with Crippen LogP contribution in [0.2, 0.25) is 0 Å². The van der Waals surface area contributed by atoms with Crippen molar-refractivity contribution in [2.24, 2.45) is 0 Å². The summed E-state index contributed by atoms with van der Waals surface area (Å²) < 4.78 is 1.19. The highest BCUT2D eigenvalue weighted by Crippen LogP contribution is 2.29. The van der Waals surface area contributed by atoms with Gasteiger partial charge in [-0.05, 0) is 79.3 Å². The first-order valence-corrected chi connectivity index (χ1v) is 7.20. The van der Waals surface area contributed by atoms with E-state index in [0.29, 0.717) is 6.04 Å². The van der Waals surface area contributed by atoms with Crippen molar-refractivity contribution >= 4 is 21.6 Å². The van der Waals surface area contributed by atoms with Gasteiger partial charge in [-0.15, -0.1) is 0 Å². The van der Waals surface area contributed by atoms with E-state index in [4.69, 9.17) is 0 Å². The molecule has 1 aromatic rings. The Morgan fingerprint density at radius 2 is 2.06 bits per heavy atom. The zero-order valence-corrected chi connectivity index (χ0v) is 12.2. The zero-order chi connectivity index (χ0) is 12.3. The minimum Gasteiger partial charge on any atom is -0.381 e. The van der Waals surface area contributed by atoms with Gasteiger partial charge in [0.2, 0.25) is 0 Å². The summed E-state index contributed by atoms with van der Waals surface area (Å²) >= 11 is 3.67. The predicted octanol–water partition coefficient (Wildman–Crippen LogP) is 3.62. The molecule has 1 unspecified atom stereocenters. The van der Waals surface area contributed by atoms with Gasteiger partial charge in [-0.3, -0.25) is 0 Å². The topological polar surface area (TPSA) is 24.1 Å². The molecule has 1 aromatic carbocycles. The maximum absolute atomic E-state index is 3.70. The number of nitrogens with one attached hydrogen (secondary N) is 2. The van der Waals surface area contributed by atoms with Crippen molar-refractivity contribution in [3.8, 4) is 0 Å². The van der Waals surface area contributed by atoms with Crippen molar-refractivity contribution in [3.63, 3.8) is 0 Å². The third-order valence-corrected chi connectivity index (χ3v) is 3.98. The van der Waals surface area contributed by atoms with Gasteiger partial charge >= 0.3 is 0 Å². The molecule has 1 aliphatic heterocycles. The summed E-state index contributed by atoms with van der Waals surface area (Å²) in [5.41, 5.74) is 3.90. The Labute approximate surface area is 112 Å². The molecule has 1 fully saturated rings. The Kier molecular flexibility index (Phi) is 4.46. The molecule has 2 nitrogen and oxygen atoms in total. The molecule has 0 spiro atoms. The van der Waals surface area contributed by atoms with E-state index in [0.717, 1.165) is 13.1 Å². The molecule has 1 saturated heterocycles. The third kappa shape index (κ3) is 3.46.